The van der Waals surface area contributed by atoms with Crippen molar-refractivity contribution in [2.75, 3.05) is 6.54 Å². The van der Waals surface area contributed by atoms with Gasteiger partial charge in [0.1, 0.15) is 4.90 Å². The van der Waals surface area contributed by atoms with Crippen LogP contribution in [0.25, 0.3) is 0 Å². The fraction of sp³-hybridized carbons (Fsp3) is 0.600. The Kier molecular flexibility index (Phi) is 4.47. The third-order valence-corrected chi connectivity index (χ3v) is 4.44. The van der Waals surface area contributed by atoms with Crippen molar-refractivity contribution in [1.82, 2.24) is 14.1 Å². The summed E-state index contributed by atoms with van der Waals surface area (Å²) in [4.78, 5) is 10.6. The molecule has 0 radical (unpaired) electrons. The first-order valence-electron chi connectivity index (χ1n) is 5.47. The fourth-order valence-corrected chi connectivity index (χ4v) is 3.15. The lowest BCUT2D eigenvalue weighted by atomic mass is 10.3. The average molecular weight is 275 g/mol. The van der Waals surface area contributed by atoms with E-state index in [-0.39, 0.29) is 23.9 Å². The van der Waals surface area contributed by atoms with E-state index >= 15 is 0 Å². The van der Waals surface area contributed by atoms with Crippen molar-refractivity contribution >= 4 is 16.0 Å². The summed E-state index contributed by atoms with van der Waals surface area (Å²) in [6, 6.07) is -0.311. The first kappa shape index (κ1) is 14.7. The van der Waals surface area contributed by atoms with Gasteiger partial charge in [-0.1, -0.05) is 0 Å². The topological polar surface area (TPSA) is 92.5 Å². The van der Waals surface area contributed by atoms with Crippen molar-refractivity contribution in [1.29, 1.82) is 0 Å². The van der Waals surface area contributed by atoms with Gasteiger partial charge >= 0.3 is 5.97 Å². The number of carboxylic acids is 1. The number of rotatable bonds is 6. The van der Waals surface area contributed by atoms with Crippen molar-refractivity contribution in [2.45, 2.75) is 31.2 Å². The number of hydrogen-bond acceptors (Lipinski definition) is 4. The van der Waals surface area contributed by atoms with Gasteiger partial charge < -0.3 is 5.11 Å². The molecular formula is C10H17N3O4S. The van der Waals surface area contributed by atoms with E-state index in [0.29, 0.717) is 0 Å². The first-order chi connectivity index (χ1) is 8.25. The Morgan fingerprint density at radius 3 is 2.56 bits per heavy atom. The van der Waals surface area contributed by atoms with E-state index in [2.05, 4.69) is 5.10 Å². The van der Waals surface area contributed by atoms with Crippen LogP contribution >= 0.6 is 0 Å². The maximum atomic E-state index is 12.3. The van der Waals surface area contributed by atoms with Crippen molar-refractivity contribution in [2.24, 2.45) is 7.05 Å². The second-order valence-electron chi connectivity index (χ2n) is 4.20. The molecule has 0 spiro atoms. The van der Waals surface area contributed by atoms with E-state index in [9.17, 15) is 13.2 Å². The van der Waals surface area contributed by atoms with Crippen LogP contribution in [0.1, 0.15) is 20.3 Å². The minimum Gasteiger partial charge on any atom is -0.481 e. The SMILES string of the molecule is CC(C)N(CCC(=O)O)S(=O)(=O)c1cnn(C)c1. The first-order valence-corrected chi connectivity index (χ1v) is 6.91. The van der Waals surface area contributed by atoms with Gasteiger partial charge in [0.2, 0.25) is 10.0 Å². The molecule has 7 nitrogen and oxygen atoms in total. The number of nitrogens with zero attached hydrogens (tertiary/aromatic N) is 3. The summed E-state index contributed by atoms with van der Waals surface area (Å²) in [6.45, 7) is 3.36. The smallest absolute Gasteiger partial charge is 0.304 e. The standard InChI is InChI=1S/C10H17N3O4S/c1-8(2)13(5-4-10(14)15)18(16,17)9-6-11-12(3)7-9/h6-8H,4-5H2,1-3H3,(H,14,15). The highest BCUT2D eigenvalue weighted by molar-refractivity contribution is 7.89. The van der Waals surface area contributed by atoms with Crippen LogP contribution in [-0.2, 0) is 21.9 Å². The zero-order chi connectivity index (χ0) is 13.9. The van der Waals surface area contributed by atoms with Crippen LogP contribution in [0.5, 0.6) is 0 Å². The third kappa shape index (κ3) is 3.30. The molecule has 0 unspecified atom stereocenters. The van der Waals surface area contributed by atoms with Crippen LogP contribution in [0.4, 0.5) is 0 Å². The lowest BCUT2D eigenvalue weighted by Gasteiger charge is -2.24. The number of aryl methyl sites for hydroxylation is 1. The lowest BCUT2D eigenvalue weighted by molar-refractivity contribution is -0.137. The zero-order valence-electron chi connectivity index (χ0n) is 10.6. The molecule has 1 rings (SSSR count). The molecule has 0 saturated heterocycles. The predicted molar refractivity (Wildman–Crippen MR) is 64.5 cm³/mol. The Balaban J connectivity index is 3.01. The third-order valence-electron chi connectivity index (χ3n) is 2.41. The maximum Gasteiger partial charge on any atom is 0.304 e. The van der Waals surface area contributed by atoms with Crippen LogP contribution in [-0.4, -0.2) is 46.2 Å². The summed E-state index contributed by atoms with van der Waals surface area (Å²) in [5.74, 6) is -1.03. The molecule has 0 aliphatic rings. The molecule has 0 saturated carbocycles. The van der Waals surface area contributed by atoms with Crippen LogP contribution in [0, 0.1) is 0 Å². The van der Waals surface area contributed by atoms with Crippen LogP contribution in [0.15, 0.2) is 17.3 Å². The van der Waals surface area contributed by atoms with E-state index in [1.165, 1.54) is 17.1 Å². The van der Waals surface area contributed by atoms with Gasteiger partial charge in [0, 0.05) is 25.8 Å². The summed E-state index contributed by atoms with van der Waals surface area (Å²) in [7, 11) is -2.07. The molecule has 0 atom stereocenters. The molecule has 0 aromatic carbocycles. The van der Waals surface area contributed by atoms with Crippen LogP contribution in [0.3, 0.4) is 0 Å². The van der Waals surface area contributed by atoms with E-state index < -0.39 is 16.0 Å². The summed E-state index contributed by atoms with van der Waals surface area (Å²) in [5, 5.41) is 12.5. The molecule has 0 bridgehead atoms. The van der Waals surface area contributed by atoms with Gasteiger partial charge in [0.05, 0.1) is 12.6 Å². The molecule has 0 amide bonds. The van der Waals surface area contributed by atoms with E-state index in [1.54, 1.807) is 20.9 Å². The number of aromatic nitrogens is 2. The number of sulfonamides is 1. The highest BCUT2D eigenvalue weighted by Gasteiger charge is 2.28. The largest absolute Gasteiger partial charge is 0.481 e. The Bertz CT molecular complexity index is 521. The predicted octanol–water partition coefficient (Wildman–Crippen LogP) is 0.294. The minimum atomic E-state index is -3.69. The second-order valence-corrected chi connectivity index (χ2v) is 6.09. The van der Waals surface area contributed by atoms with Crippen molar-refractivity contribution in [3.8, 4) is 0 Å². The average Bonchev–Trinajstić information content (AvgIpc) is 2.64. The van der Waals surface area contributed by atoms with Crippen molar-refractivity contribution in [3.05, 3.63) is 12.4 Å². The normalized spacial score (nSPS) is 12.3. The molecular weight excluding hydrogens is 258 g/mol. The quantitative estimate of drug-likeness (QED) is 0.805. The summed E-state index contributed by atoms with van der Waals surface area (Å²) >= 11 is 0. The second kappa shape index (κ2) is 5.49. The molecule has 8 heteroatoms. The van der Waals surface area contributed by atoms with Gasteiger partial charge in [-0.15, -0.1) is 0 Å². The minimum absolute atomic E-state index is 0.0514. The maximum absolute atomic E-state index is 12.3. The molecule has 1 aromatic rings. The monoisotopic (exact) mass is 275 g/mol. The Hall–Kier alpha value is -1.41. The van der Waals surface area contributed by atoms with Crippen molar-refractivity contribution < 1.29 is 18.3 Å². The van der Waals surface area contributed by atoms with Crippen molar-refractivity contribution in [3.63, 3.8) is 0 Å². The molecule has 0 fully saturated rings. The molecule has 1 N–H and O–H groups in total. The van der Waals surface area contributed by atoms with E-state index in [1.807, 2.05) is 0 Å². The highest BCUT2D eigenvalue weighted by Crippen LogP contribution is 2.17. The number of carbonyl (C=O) groups is 1. The van der Waals surface area contributed by atoms with Gasteiger partial charge in [-0.2, -0.15) is 9.40 Å². The summed E-state index contributed by atoms with van der Waals surface area (Å²) in [6.07, 6.45) is 2.43. The lowest BCUT2D eigenvalue weighted by Crippen LogP contribution is -2.38. The molecule has 0 aliphatic heterocycles. The van der Waals surface area contributed by atoms with Crippen LogP contribution in [0.2, 0.25) is 0 Å². The molecule has 18 heavy (non-hydrogen) atoms. The molecule has 0 aliphatic carbocycles. The fourth-order valence-electron chi connectivity index (χ4n) is 1.53. The van der Waals surface area contributed by atoms with E-state index in [0.717, 1.165) is 4.31 Å². The zero-order valence-corrected chi connectivity index (χ0v) is 11.4. The Labute approximate surface area is 106 Å². The van der Waals surface area contributed by atoms with Gasteiger partial charge in [0.15, 0.2) is 0 Å². The summed E-state index contributed by atoms with van der Waals surface area (Å²) < 4.78 is 27.1. The number of hydrogen-bond donors (Lipinski definition) is 1. The van der Waals surface area contributed by atoms with Gasteiger partial charge in [-0.05, 0) is 13.8 Å². The molecule has 1 heterocycles. The number of carboxylic acid groups (broad SMARTS) is 1. The number of aliphatic carboxylic acids is 1. The molecule has 102 valence electrons. The van der Waals surface area contributed by atoms with E-state index in [4.69, 9.17) is 5.11 Å². The van der Waals surface area contributed by atoms with Gasteiger partial charge in [-0.3, -0.25) is 9.48 Å². The Morgan fingerprint density at radius 1 is 1.56 bits per heavy atom. The molecule has 1 aromatic heterocycles. The van der Waals surface area contributed by atoms with Gasteiger partial charge in [-0.25, -0.2) is 8.42 Å². The van der Waals surface area contributed by atoms with Gasteiger partial charge in [0.25, 0.3) is 0 Å². The summed E-state index contributed by atoms with van der Waals surface area (Å²) in [5.41, 5.74) is 0. The Morgan fingerprint density at radius 2 is 2.17 bits per heavy atom. The van der Waals surface area contributed by atoms with Crippen LogP contribution < -0.4 is 0 Å². The highest BCUT2D eigenvalue weighted by atomic mass is 32.2.